The van der Waals surface area contributed by atoms with Crippen LogP contribution in [0.15, 0.2) is 23.6 Å². The molecule has 0 saturated heterocycles. The number of hydrogen-bond acceptors (Lipinski definition) is 10. The maximum atomic E-state index is 15.7. The maximum absolute atomic E-state index is 15.7. The molecule has 0 unspecified atom stereocenters. The Balaban J connectivity index is 1.30. The van der Waals surface area contributed by atoms with Crippen LogP contribution in [-0.2, 0) is 24.4 Å². The van der Waals surface area contributed by atoms with Gasteiger partial charge in [-0.2, -0.15) is 0 Å². The second kappa shape index (κ2) is 14.9. The van der Waals surface area contributed by atoms with Crippen molar-refractivity contribution in [3.63, 3.8) is 0 Å². The molecule has 3 saturated carbocycles. The van der Waals surface area contributed by atoms with E-state index >= 15 is 4.39 Å². The third kappa shape index (κ3) is 7.61. The van der Waals surface area contributed by atoms with E-state index < -0.39 is 56.4 Å². The largest absolute Gasteiger partial charge is 0.494 e. The summed E-state index contributed by atoms with van der Waals surface area (Å²) in [6, 6.07) is 4.88. The molecule has 282 valence electrons. The number of ether oxygens (including phenoxy) is 2. The number of methoxy groups -OCH3 is 1. The van der Waals surface area contributed by atoms with Crippen LogP contribution in [0.5, 0.6) is 11.5 Å². The van der Waals surface area contributed by atoms with Crippen LogP contribution in [0, 0.1) is 23.6 Å². The number of hydrogen-bond donors (Lipinski definition) is 2. The van der Waals surface area contributed by atoms with Crippen LogP contribution in [0.4, 0.5) is 4.39 Å². The predicted molar refractivity (Wildman–Crippen MR) is 196 cm³/mol. The zero-order valence-corrected chi connectivity index (χ0v) is 32.2. The lowest BCUT2D eigenvalue weighted by atomic mass is 9.93. The van der Waals surface area contributed by atoms with E-state index in [0.717, 1.165) is 25.0 Å². The van der Waals surface area contributed by atoms with E-state index in [2.05, 4.69) is 21.9 Å². The Hall–Kier alpha value is -3.85. The highest BCUT2D eigenvalue weighted by Crippen LogP contribution is 2.46. The van der Waals surface area contributed by atoms with Gasteiger partial charge in [-0.25, -0.2) is 22.8 Å². The molecule has 3 aliphatic carbocycles. The average Bonchev–Trinajstić information content (AvgIpc) is 3.96. The minimum atomic E-state index is -3.83. The van der Waals surface area contributed by atoms with Gasteiger partial charge in [0.15, 0.2) is 11.6 Å². The lowest BCUT2D eigenvalue weighted by molar-refractivity contribution is -0.140. The smallest absolute Gasteiger partial charge is 0.259 e. The molecule has 3 fully saturated rings. The van der Waals surface area contributed by atoms with Gasteiger partial charge in [0.2, 0.25) is 21.8 Å². The molecule has 1 aromatic carbocycles. The first kappa shape index (κ1) is 37.9. The molecule has 3 aromatic rings. The number of pyridine rings is 1. The van der Waals surface area contributed by atoms with Crippen LogP contribution < -0.4 is 19.5 Å². The highest BCUT2D eigenvalue weighted by atomic mass is 32.2. The molecule has 6 rings (SSSR count). The lowest BCUT2D eigenvalue weighted by Crippen LogP contribution is -2.54. The molecule has 2 heterocycles. The first-order chi connectivity index (χ1) is 24.7. The Morgan fingerprint density at radius 2 is 1.83 bits per heavy atom. The average molecular weight is 758 g/mol. The minimum absolute atomic E-state index is 0.0247. The molecule has 12 nitrogen and oxygen atoms in total. The van der Waals surface area contributed by atoms with E-state index in [1.54, 1.807) is 31.0 Å². The molecule has 0 aliphatic heterocycles. The van der Waals surface area contributed by atoms with Crippen molar-refractivity contribution in [1.29, 1.82) is 0 Å². The number of carbonyl (C=O) groups excluding carboxylic acids is 3. The summed E-state index contributed by atoms with van der Waals surface area (Å²) < 4.78 is 55.0. The second-order valence-electron chi connectivity index (χ2n) is 14.8. The van der Waals surface area contributed by atoms with Crippen molar-refractivity contribution in [2.75, 3.05) is 20.7 Å². The summed E-state index contributed by atoms with van der Waals surface area (Å²) in [5.41, 5.74) is -0.0425. The van der Waals surface area contributed by atoms with Gasteiger partial charge in [0.1, 0.15) is 33.6 Å². The number of nitrogens with one attached hydrogen (secondary N) is 2. The molecular formula is C37H48FN5O7S2. The summed E-state index contributed by atoms with van der Waals surface area (Å²) in [7, 11) is -0.724. The number of halogens is 1. The van der Waals surface area contributed by atoms with Crippen LogP contribution in [0.1, 0.15) is 90.7 Å². The molecule has 15 heteroatoms. The van der Waals surface area contributed by atoms with Gasteiger partial charge in [-0.15, -0.1) is 11.3 Å². The van der Waals surface area contributed by atoms with Crippen LogP contribution in [-0.4, -0.2) is 78.6 Å². The zero-order chi connectivity index (χ0) is 37.5. The fraction of sp³-hybridized carbons (Fsp3) is 0.595. The third-order valence-electron chi connectivity index (χ3n) is 10.6. The van der Waals surface area contributed by atoms with Crippen LogP contribution in [0.3, 0.4) is 0 Å². The minimum Gasteiger partial charge on any atom is -0.494 e. The predicted octanol–water partition coefficient (Wildman–Crippen LogP) is 5.55. The molecule has 52 heavy (non-hydrogen) atoms. The summed E-state index contributed by atoms with van der Waals surface area (Å²) >= 11 is 1.39. The lowest BCUT2D eigenvalue weighted by Gasteiger charge is -2.26. The molecule has 0 radical (unpaired) electrons. The first-order valence-corrected chi connectivity index (χ1v) is 20.5. The Bertz CT molecular complexity index is 1970. The molecule has 0 spiro atoms. The van der Waals surface area contributed by atoms with E-state index in [1.165, 1.54) is 24.5 Å². The molecule has 0 bridgehead atoms. The number of benzene rings is 1. The van der Waals surface area contributed by atoms with Crippen LogP contribution in [0.2, 0.25) is 0 Å². The highest BCUT2D eigenvalue weighted by Gasteiger charge is 2.61. The van der Waals surface area contributed by atoms with Crippen molar-refractivity contribution < 1.29 is 36.7 Å². The zero-order valence-electron chi connectivity index (χ0n) is 30.5. The third-order valence-corrected chi connectivity index (χ3v) is 13.3. The topological polar surface area (TPSA) is 157 Å². The van der Waals surface area contributed by atoms with Crippen molar-refractivity contribution in [1.82, 2.24) is 24.9 Å². The highest BCUT2D eigenvalue weighted by molar-refractivity contribution is 7.91. The fourth-order valence-corrected chi connectivity index (χ4v) is 9.34. The van der Waals surface area contributed by atoms with Gasteiger partial charge >= 0.3 is 0 Å². The summed E-state index contributed by atoms with van der Waals surface area (Å²) in [6.07, 6.45) is 3.74. The SMILES string of the molecule is CCCCCN(C)C(=O)[C@@H]1C[C@H](Oc2cc(-c3nc(C(C)C)cs3)nc3c(F)c(OC)ccc23)C[C@H]1C(=O)N[C@]1(C(=O)NS(=O)(=O)C2CC2)C[C@H]1C. The number of amides is 3. The van der Waals surface area contributed by atoms with Gasteiger partial charge in [0, 0.05) is 30.4 Å². The molecular weight excluding hydrogens is 710 g/mol. The summed E-state index contributed by atoms with van der Waals surface area (Å²) in [4.78, 5) is 52.4. The number of sulfonamides is 1. The van der Waals surface area contributed by atoms with E-state index in [-0.39, 0.29) is 48.3 Å². The van der Waals surface area contributed by atoms with Crippen molar-refractivity contribution in [2.45, 2.75) is 102 Å². The normalized spacial score (nSPS) is 24.2. The van der Waals surface area contributed by atoms with Gasteiger partial charge in [-0.1, -0.05) is 40.5 Å². The number of aromatic nitrogens is 2. The Kier molecular flexibility index (Phi) is 10.8. The summed E-state index contributed by atoms with van der Waals surface area (Å²) in [5.74, 6) is -3.49. The molecule has 5 atom stereocenters. The van der Waals surface area contributed by atoms with Crippen molar-refractivity contribution in [2.24, 2.45) is 17.8 Å². The van der Waals surface area contributed by atoms with Crippen molar-refractivity contribution >= 4 is 50.0 Å². The number of fused-ring (bicyclic) bond motifs is 1. The second-order valence-corrected chi connectivity index (χ2v) is 17.7. The van der Waals surface area contributed by atoms with E-state index in [0.29, 0.717) is 41.2 Å². The van der Waals surface area contributed by atoms with E-state index in [4.69, 9.17) is 14.5 Å². The van der Waals surface area contributed by atoms with Gasteiger partial charge < -0.3 is 19.7 Å². The number of carbonyl (C=O) groups is 3. The fourth-order valence-electron chi connectivity index (χ4n) is 7.03. The van der Waals surface area contributed by atoms with Crippen LogP contribution >= 0.6 is 11.3 Å². The van der Waals surface area contributed by atoms with E-state index in [9.17, 15) is 22.8 Å². The summed E-state index contributed by atoms with van der Waals surface area (Å²) in [5, 5.41) is 5.21. The first-order valence-electron chi connectivity index (χ1n) is 18.1. The van der Waals surface area contributed by atoms with E-state index in [1.807, 2.05) is 19.2 Å². The molecule has 3 amide bonds. The van der Waals surface area contributed by atoms with Crippen molar-refractivity contribution in [3.8, 4) is 22.2 Å². The van der Waals surface area contributed by atoms with Crippen LogP contribution in [0.25, 0.3) is 21.6 Å². The number of thiazole rings is 1. The quantitative estimate of drug-likeness (QED) is 0.190. The Morgan fingerprint density at radius 1 is 1.12 bits per heavy atom. The van der Waals surface area contributed by atoms with Gasteiger partial charge in [-0.05, 0) is 62.5 Å². The summed E-state index contributed by atoms with van der Waals surface area (Å²) in [6.45, 7) is 8.45. The van der Waals surface area contributed by atoms with Gasteiger partial charge in [0.25, 0.3) is 5.91 Å². The number of unbranched alkanes of at least 4 members (excludes halogenated alkanes) is 2. The number of rotatable bonds is 15. The standard InChI is InChI=1S/C37H48FN5O7S2/c1-7-8-9-14-43(5)35(45)26-16-22(15-25(26)33(44)41-37(18-21(37)4)36(46)42-52(47,48)23-10-11-23)50-30-17-27(34-40-28(19-51-34)20(2)3)39-32-24(30)12-13-29(49-6)31(32)38/h12-13,17,19-23,25-26H,7-11,14-16,18H2,1-6H3,(H,41,44)(H,42,46)/t21-,22-,25-,26-,37-/m1/s1. The molecule has 2 N–H and O–H groups in total. The Labute approximate surface area is 308 Å². The monoisotopic (exact) mass is 757 g/mol. The maximum Gasteiger partial charge on any atom is 0.259 e. The van der Waals surface area contributed by atoms with Crippen molar-refractivity contribution in [3.05, 3.63) is 35.1 Å². The Morgan fingerprint density at radius 3 is 2.44 bits per heavy atom. The van der Waals surface area contributed by atoms with Gasteiger partial charge in [0.05, 0.1) is 29.9 Å². The van der Waals surface area contributed by atoms with Gasteiger partial charge in [-0.3, -0.25) is 19.1 Å². The number of nitrogens with zero attached hydrogens (tertiary/aromatic N) is 3. The molecule has 2 aromatic heterocycles. The molecule has 3 aliphatic rings.